The van der Waals surface area contributed by atoms with Gasteiger partial charge in [-0.15, -0.1) is 0 Å². The molecule has 0 aromatic heterocycles. The van der Waals surface area contributed by atoms with E-state index >= 15 is 0 Å². The minimum Gasteiger partial charge on any atom is -0.496 e. The Morgan fingerprint density at radius 2 is 2.00 bits per heavy atom. The monoisotopic (exact) mass is 278 g/mol. The molecule has 0 aliphatic carbocycles. The lowest BCUT2D eigenvalue weighted by atomic mass is 10.2. The van der Waals surface area contributed by atoms with Crippen LogP contribution in [0.1, 0.15) is 38.2 Å². The normalized spacial score (nSPS) is 10.3. The van der Waals surface area contributed by atoms with Gasteiger partial charge in [-0.2, -0.15) is 0 Å². The second-order valence-electron chi connectivity index (χ2n) is 4.80. The Bertz CT molecular complexity index is 394. The van der Waals surface area contributed by atoms with E-state index in [1.165, 1.54) is 19.3 Å². The lowest BCUT2D eigenvalue weighted by molar-refractivity contribution is -0.121. The molecule has 20 heavy (non-hydrogen) atoms. The van der Waals surface area contributed by atoms with Gasteiger partial charge in [-0.1, -0.05) is 38.0 Å². The fraction of sp³-hybridized carbons (Fsp3) is 0.562. The molecule has 0 bridgehead atoms. The van der Waals surface area contributed by atoms with Crippen LogP contribution in [0.15, 0.2) is 24.3 Å². The van der Waals surface area contributed by atoms with E-state index in [9.17, 15) is 4.79 Å². The Morgan fingerprint density at radius 1 is 1.20 bits per heavy atom. The predicted molar refractivity (Wildman–Crippen MR) is 81.9 cm³/mol. The number of carbonyl (C=O) groups is 1. The molecule has 1 aromatic rings. The first-order valence-corrected chi connectivity index (χ1v) is 7.37. The van der Waals surface area contributed by atoms with Gasteiger partial charge in [0.05, 0.1) is 7.11 Å². The maximum atomic E-state index is 11.7. The van der Waals surface area contributed by atoms with E-state index in [2.05, 4.69) is 17.6 Å². The molecule has 0 aliphatic heterocycles. The molecule has 0 saturated heterocycles. The first-order chi connectivity index (χ1) is 9.77. The lowest BCUT2D eigenvalue weighted by Gasteiger charge is -2.09. The first-order valence-electron chi connectivity index (χ1n) is 7.37. The Labute approximate surface area is 121 Å². The van der Waals surface area contributed by atoms with Crippen molar-refractivity contribution in [2.75, 3.05) is 20.2 Å². The molecule has 0 atom stereocenters. The van der Waals surface area contributed by atoms with Gasteiger partial charge in [0.15, 0.2) is 0 Å². The van der Waals surface area contributed by atoms with Gasteiger partial charge in [0, 0.05) is 25.1 Å². The number of rotatable bonds is 10. The Morgan fingerprint density at radius 3 is 2.75 bits per heavy atom. The zero-order valence-corrected chi connectivity index (χ0v) is 12.6. The van der Waals surface area contributed by atoms with Gasteiger partial charge >= 0.3 is 0 Å². The number of amides is 1. The van der Waals surface area contributed by atoms with Gasteiger partial charge in [0.2, 0.25) is 5.91 Å². The number of carbonyl (C=O) groups excluding carboxylic acids is 1. The highest BCUT2D eigenvalue weighted by Crippen LogP contribution is 2.16. The molecule has 0 fully saturated rings. The molecular weight excluding hydrogens is 252 g/mol. The minimum atomic E-state index is 0.0684. The number of para-hydroxylation sites is 1. The summed E-state index contributed by atoms with van der Waals surface area (Å²) in [4.78, 5) is 11.7. The van der Waals surface area contributed by atoms with Crippen molar-refractivity contribution in [1.29, 1.82) is 0 Å². The second-order valence-corrected chi connectivity index (χ2v) is 4.80. The second kappa shape index (κ2) is 10.3. The van der Waals surface area contributed by atoms with Gasteiger partial charge < -0.3 is 15.4 Å². The van der Waals surface area contributed by atoms with E-state index in [1.54, 1.807) is 7.11 Å². The summed E-state index contributed by atoms with van der Waals surface area (Å²) in [5.74, 6) is 0.879. The van der Waals surface area contributed by atoms with Crippen LogP contribution in [0.4, 0.5) is 0 Å². The maximum absolute atomic E-state index is 11.7. The highest BCUT2D eigenvalue weighted by atomic mass is 16.5. The van der Waals surface area contributed by atoms with Crippen molar-refractivity contribution in [3.05, 3.63) is 29.8 Å². The van der Waals surface area contributed by atoms with Crippen LogP contribution in [0.25, 0.3) is 0 Å². The first kappa shape index (κ1) is 16.5. The number of nitrogens with one attached hydrogen (secondary N) is 2. The van der Waals surface area contributed by atoms with Crippen molar-refractivity contribution >= 4 is 5.91 Å². The van der Waals surface area contributed by atoms with E-state index in [4.69, 9.17) is 4.74 Å². The number of ether oxygens (including phenoxy) is 1. The van der Waals surface area contributed by atoms with Crippen LogP contribution in [0.5, 0.6) is 5.75 Å². The summed E-state index contributed by atoms with van der Waals surface area (Å²) < 4.78 is 5.25. The molecule has 0 spiro atoms. The average molecular weight is 278 g/mol. The van der Waals surface area contributed by atoms with Gasteiger partial charge in [-0.3, -0.25) is 4.79 Å². The highest BCUT2D eigenvalue weighted by Gasteiger charge is 2.04. The molecule has 0 unspecified atom stereocenters. The van der Waals surface area contributed by atoms with E-state index in [1.807, 2.05) is 24.3 Å². The van der Waals surface area contributed by atoms with Crippen molar-refractivity contribution < 1.29 is 9.53 Å². The fourth-order valence-electron chi connectivity index (χ4n) is 1.96. The van der Waals surface area contributed by atoms with Crippen LogP contribution < -0.4 is 15.4 Å². The number of hydrogen-bond acceptors (Lipinski definition) is 3. The van der Waals surface area contributed by atoms with Crippen LogP contribution in [0.2, 0.25) is 0 Å². The van der Waals surface area contributed by atoms with Crippen LogP contribution in [-0.4, -0.2) is 26.1 Å². The third-order valence-corrected chi connectivity index (χ3v) is 3.15. The van der Waals surface area contributed by atoms with Crippen molar-refractivity contribution in [1.82, 2.24) is 10.6 Å². The summed E-state index contributed by atoms with van der Waals surface area (Å²) in [5.41, 5.74) is 0.999. The summed E-state index contributed by atoms with van der Waals surface area (Å²) >= 11 is 0. The molecule has 0 saturated carbocycles. The predicted octanol–water partition coefficient (Wildman–Crippen LogP) is 2.48. The number of benzene rings is 1. The van der Waals surface area contributed by atoms with Crippen LogP contribution in [0, 0.1) is 0 Å². The molecular formula is C16H26N2O2. The van der Waals surface area contributed by atoms with Crippen molar-refractivity contribution in [2.24, 2.45) is 0 Å². The smallest absolute Gasteiger partial charge is 0.221 e. The van der Waals surface area contributed by atoms with Gasteiger partial charge in [-0.25, -0.2) is 0 Å². The van der Waals surface area contributed by atoms with Crippen molar-refractivity contribution in [2.45, 2.75) is 39.2 Å². The van der Waals surface area contributed by atoms with Gasteiger partial charge in [0.1, 0.15) is 5.75 Å². The van der Waals surface area contributed by atoms with Crippen LogP contribution >= 0.6 is 0 Å². The average Bonchev–Trinajstić information content (AvgIpc) is 2.49. The SMILES string of the molecule is CCCCCNCCC(=O)NCc1ccccc1OC. The fourth-order valence-corrected chi connectivity index (χ4v) is 1.96. The largest absolute Gasteiger partial charge is 0.496 e. The zero-order valence-electron chi connectivity index (χ0n) is 12.6. The molecule has 0 aliphatic rings. The number of unbranched alkanes of at least 4 members (excludes halogenated alkanes) is 2. The van der Waals surface area contributed by atoms with Crippen LogP contribution in [0.3, 0.4) is 0 Å². The topological polar surface area (TPSA) is 50.4 Å². The summed E-state index contributed by atoms with van der Waals surface area (Å²) in [6.07, 6.45) is 4.16. The Kier molecular flexibility index (Phi) is 8.47. The molecule has 2 N–H and O–H groups in total. The standard InChI is InChI=1S/C16H26N2O2/c1-3-4-7-11-17-12-10-16(19)18-13-14-8-5-6-9-15(14)20-2/h5-6,8-9,17H,3-4,7,10-13H2,1-2H3,(H,18,19). The molecule has 112 valence electrons. The summed E-state index contributed by atoms with van der Waals surface area (Å²) in [6.45, 7) is 4.43. The Hall–Kier alpha value is -1.55. The molecule has 1 rings (SSSR count). The Balaban J connectivity index is 2.16. The molecule has 1 aromatic carbocycles. The van der Waals surface area contributed by atoms with Gasteiger partial charge in [0.25, 0.3) is 0 Å². The third-order valence-electron chi connectivity index (χ3n) is 3.15. The lowest BCUT2D eigenvalue weighted by Crippen LogP contribution is -2.27. The highest BCUT2D eigenvalue weighted by molar-refractivity contribution is 5.76. The quantitative estimate of drug-likeness (QED) is 0.646. The summed E-state index contributed by atoms with van der Waals surface area (Å²) in [6, 6.07) is 7.72. The minimum absolute atomic E-state index is 0.0684. The maximum Gasteiger partial charge on any atom is 0.221 e. The molecule has 0 radical (unpaired) electrons. The van der Waals surface area contributed by atoms with E-state index in [-0.39, 0.29) is 5.91 Å². The summed E-state index contributed by atoms with van der Waals surface area (Å²) in [7, 11) is 1.64. The third kappa shape index (κ3) is 6.57. The summed E-state index contributed by atoms with van der Waals surface area (Å²) in [5, 5.41) is 6.20. The molecule has 1 amide bonds. The van der Waals surface area contributed by atoms with E-state index in [0.717, 1.165) is 24.4 Å². The zero-order chi connectivity index (χ0) is 14.6. The van der Waals surface area contributed by atoms with E-state index in [0.29, 0.717) is 13.0 Å². The van der Waals surface area contributed by atoms with E-state index < -0.39 is 0 Å². The van der Waals surface area contributed by atoms with Crippen LogP contribution in [-0.2, 0) is 11.3 Å². The number of hydrogen-bond donors (Lipinski definition) is 2. The molecule has 0 heterocycles. The number of methoxy groups -OCH3 is 1. The van der Waals surface area contributed by atoms with Crippen molar-refractivity contribution in [3.8, 4) is 5.75 Å². The molecule has 4 nitrogen and oxygen atoms in total. The van der Waals surface area contributed by atoms with Gasteiger partial charge in [-0.05, 0) is 19.0 Å². The van der Waals surface area contributed by atoms with Crippen molar-refractivity contribution in [3.63, 3.8) is 0 Å². The molecule has 4 heteroatoms.